The highest BCUT2D eigenvalue weighted by Crippen LogP contribution is 2.31. The third kappa shape index (κ3) is 3.11. The molecule has 0 unspecified atom stereocenters. The molecule has 0 saturated heterocycles. The van der Waals surface area contributed by atoms with E-state index in [4.69, 9.17) is 4.98 Å². The van der Waals surface area contributed by atoms with Crippen LogP contribution in [0.5, 0.6) is 0 Å². The molecule has 0 amide bonds. The van der Waals surface area contributed by atoms with Crippen LogP contribution in [0.2, 0.25) is 0 Å². The summed E-state index contributed by atoms with van der Waals surface area (Å²) >= 11 is 3.25. The Hall–Kier alpha value is -1.70. The first-order chi connectivity index (χ1) is 11.2. The minimum absolute atomic E-state index is 0. The lowest BCUT2D eigenvalue weighted by molar-refractivity contribution is 1.14. The van der Waals surface area contributed by atoms with Crippen LogP contribution in [0, 0.1) is 6.92 Å². The van der Waals surface area contributed by atoms with E-state index in [0.717, 1.165) is 39.3 Å². The molecule has 0 saturated carbocycles. The summed E-state index contributed by atoms with van der Waals surface area (Å²) in [5.41, 5.74) is 5.46. The lowest BCUT2D eigenvalue weighted by atomic mass is 10.1. The van der Waals surface area contributed by atoms with Crippen LogP contribution >= 0.6 is 39.7 Å². The molecule has 4 rings (SSSR count). The number of halogens is 1. The van der Waals surface area contributed by atoms with Gasteiger partial charge < -0.3 is 5.32 Å². The normalized spacial score (nSPS) is 10.8. The number of benzene rings is 1. The minimum atomic E-state index is 0. The third-order valence-corrected chi connectivity index (χ3v) is 5.31. The van der Waals surface area contributed by atoms with Crippen LogP contribution in [-0.4, -0.2) is 14.4 Å². The molecule has 7 heteroatoms. The minimum Gasteiger partial charge on any atom is -0.332 e. The number of aryl methyl sites for hydroxylation is 2. The molecule has 3 aromatic heterocycles. The number of nitrogens with one attached hydrogen (secondary N) is 1. The van der Waals surface area contributed by atoms with Crippen LogP contribution in [0.3, 0.4) is 0 Å². The van der Waals surface area contributed by atoms with Gasteiger partial charge in [-0.25, -0.2) is 9.97 Å². The van der Waals surface area contributed by atoms with E-state index in [2.05, 4.69) is 51.3 Å². The first-order valence-corrected chi connectivity index (χ1v) is 9.24. The average molecular weight is 421 g/mol. The zero-order valence-electron chi connectivity index (χ0n) is 13.3. The Balaban J connectivity index is 0.00000169. The van der Waals surface area contributed by atoms with Gasteiger partial charge in [0.25, 0.3) is 0 Å². The maximum Gasteiger partial charge on any atom is 0.194 e. The number of rotatable bonds is 4. The van der Waals surface area contributed by atoms with Crippen molar-refractivity contribution in [3.05, 3.63) is 52.5 Å². The fourth-order valence-electron chi connectivity index (χ4n) is 2.59. The van der Waals surface area contributed by atoms with Gasteiger partial charge in [-0.05, 0) is 31.0 Å². The van der Waals surface area contributed by atoms with Gasteiger partial charge in [0.05, 0.1) is 11.4 Å². The van der Waals surface area contributed by atoms with Gasteiger partial charge in [0, 0.05) is 22.6 Å². The van der Waals surface area contributed by atoms with E-state index in [1.54, 1.807) is 22.7 Å². The van der Waals surface area contributed by atoms with E-state index >= 15 is 0 Å². The van der Waals surface area contributed by atoms with E-state index < -0.39 is 0 Å². The van der Waals surface area contributed by atoms with Crippen molar-refractivity contribution in [1.82, 2.24) is 14.4 Å². The lowest BCUT2D eigenvalue weighted by Gasteiger charge is -2.03. The summed E-state index contributed by atoms with van der Waals surface area (Å²) in [6, 6.07) is 8.49. The fraction of sp³-hybridized carbons (Fsp3) is 0.176. The van der Waals surface area contributed by atoms with Crippen molar-refractivity contribution in [2.75, 3.05) is 5.32 Å². The van der Waals surface area contributed by atoms with Crippen LogP contribution in [0.25, 0.3) is 16.3 Å². The van der Waals surface area contributed by atoms with Gasteiger partial charge in [0.15, 0.2) is 10.1 Å². The van der Waals surface area contributed by atoms with E-state index in [1.807, 2.05) is 18.5 Å². The Morgan fingerprint density at radius 3 is 2.67 bits per heavy atom. The van der Waals surface area contributed by atoms with Crippen LogP contribution < -0.4 is 5.32 Å². The van der Waals surface area contributed by atoms with Gasteiger partial charge in [0.2, 0.25) is 0 Å². The SMILES string of the molecule is Br.CCc1ccc(Nc2nc(-c3c(C)nc4sccn34)cs2)cc1. The van der Waals surface area contributed by atoms with E-state index in [-0.39, 0.29) is 17.0 Å². The molecule has 0 atom stereocenters. The van der Waals surface area contributed by atoms with Crippen LogP contribution in [0.1, 0.15) is 18.2 Å². The summed E-state index contributed by atoms with van der Waals surface area (Å²) in [5, 5.41) is 8.40. The Kier molecular flexibility index (Phi) is 5.03. The molecule has 0 aliphatic carbocycles. The molecule has 1 N–H and O–H groups in total. The number of imidazole rings is 1. The molecule has 124 valence electrons. The van der Waals surface area contributed by atoms with Gasteiger partial charge >= 0.3 is 0 Å². The van der Waals surface area contributed by atoms with Crippen molar-refractivity contribution in [1.29, 1.82) is 0 Å². The Bertz CT molecular complexity index is 953. The number of hydrogen-bond acceptors (Lipinski definition) is 5. The zero-order chi connectivity index (χ0) is 15.8. The highest BCUT2D eigenvalue weighted by molar-refractivity contribution is 8.93. The topological polar surface area (TPSA) is 42.2 Å². The molecule has 0 aliphatic rings. The predicted molar refractivity (Wildman–Crippen MR) is 108 cm³/mol. The monoisotopic (exact) mass is 420 g/mol. The van der Waals surface area contributed by atoms with Crippen LogP contribution in [0.4, 0.5) is 10.8 Å². The maximum absolute atomic E-state index is 4.73. The third-order valence-electron chi connectivity index (χ3n) is 3.80. The van der Waals surface area contributed by atoms with E-state index in [9.17, 15) is 0 Å². The van der Waals surface area contributed by atoms with Crippen molar-refractivity contribution in [3.8, 4) is 11.4 Å². The van der Waals surface area contributed by atoms with Crippen LogP contribution in [0.15, 0.2) is 41.2 Å². The van der Waals surface area contributed by atoms with E-state index in [0.29, 0.717) is 0 Å². The summed E-state index contributed by atoms with van der Waals surface area (Å²) in [6.07, 6.45) is 3.10. The summed E-state index contributed by atoms with van der Waals surface area (Å²) in [7, 11) is 0. The second-order valence-corrected chi connectivity index (χ2v) is 7.05. The molecule has 0 aliphatic heterocycles. The largest absolute Gasteiger partial charge is 0.332 e. The molecule has 0 radical (unpaired) electrons. The molecule has 0 spiro atoms. The number of fused-ring (bicyclic) bond motifs is 1. The quantitative estimate of drug-likeness (QED) is 0.459. The number of thiazole rings is 2. The number of anilines is 2. The molecule has 1 aromatic carbocycles. The first kappa shape index (κ1) is 17.1. The number of aromatic nitrogens is 3. The van der Waals surface area contributed by atoms with Crippen molar-refractivity contribution in [2.24, 2.45) is 0 Å². The van der Waals surface area contributed by atoms with E-state index in [1.165, 1.54) is 5.56 Å². The second-order valence-electron chi connectivity index (χ2n) is 5.31. The number of hydrogen-bond donors (Lipinski definition) is 1. The van der Waals surface area contributed by atoms with Crippen molar-refractivity contribution < 1.29 is 0 Å². The zero-order valence-corrected chi connectivity index (χ0v) is 16.7. The summed E-state index contributed by atoms with van der Waals surface area (Å²) in [5.74, 6) is 0. The predicted octanol–water partition coefficient (Wildman–Crippen LogP) is 5.71. The van der Waals surface area contributed by atoms with Gasteiger partial charge in [-0.3, -0.25) is 4.40 Å². The van der Waals surface area contributed by atoms with Crippen molar-refractivity contribution in [3.63, 3.8) is 0 Å². The standard InChI is InChI=1S/C17H16N4S2.BrH/c1-3-12-4-6-13(7-5-12)19-16-20-14(10-23-16)15-11(2)18-17-21(15)8-9-22-17;/h4-10H,3H2,1-2H3,(H,19,20);1H. The average Bonchev–Trinajstić information content (AvgIpc) is 3.24. The number of nitrogens with zero attached hydrogens (tertiary/aromatic N) is 3. The molecule has 4 aromatic rings. The smallest absolute Gasteiger partial charge is 0.194 e. The molecule has 0 bridgehead atoms. The maximum atomic E-state index is 4.73. The molecule has 3 heterocycles. The van der Waals surface area contributed by atoms with Crippen LogP contribution in [-0.2, 0) is 6.42 Å². The molecule has 0 fully saturated rings. The summed E-state index contributed by atoms with van der Waals surface area (Å²) < 4.78 is 2.11. The summed E-state index contributed by atoms with van der Waals surface area (Å²) in [4.78, 5) is 10.3. The second kappa shape index (κ2) is 7.04. The van der Waals surface area contributed by atoms with Gasteiger partial charge in [0.1, 0.15) is 5.69 Å². The Morgan fingerprint density at radius 1 is 1.12 bits per heavy atom. The molecular formula is C17H17BrN4S2. The van der Waals surface area contributed by atoms with Gasteiger partial charge in [-0.1, -0.05) is 19.1 Å². The fourth-order valence-corrected chi connectivity index (χ4v) is 4.06. The highest BCUT2D eigenvalue weighted by Gasteiger charge is 2.14. The van der Waals surface area contributed by atoms with Crippen molar-refractivity contribution >= 4 is 55.4 Å². The first-order valence-electron chi connectivity index (χ1n) is 7.48. The molecular weight excluding hydrogens is 404 g/mol. The highest BCUT2D eigenvalue weighted by atomic mass is 79.9. The van der Waals surface area contributed by atoms with Crippen molar-refractivity contribution in [2.45, 2.75) is 20.3 Å². The Morgan fingerprint density at radius 2 is 1.92 bits per heavy atom. The van der Waals surface area contributed by atoms with Gasteiger partial charge in [-0.15, -0.1) is 39.7 Å². The van der Waals surface area contributed by atoms with Gasteiger partial charge in [-0.2, -0.15) is 0 Å². The lowest BCUT2D eigenvalue weighted by Crippen LogP contribution is -1.91. The Labute approximate surface area is 159 Å². The molecule has 24 heavy (non-hydrogen) atoms. The molecule has 4 nitrogen and oxygen atoms in total. The summed E-state index contributed by atoms with van der Waals surface area (Å²) in [6.45, 7) is 4.19.